The van der Waals surface area contributed by atoms with Crippen molar-refractivity contribution in [1.82, 2.24) is 0 Å². The Labute approximate surface area is 123 Å². The number of aryl methyl sites for hydroxylation is 1. The first-order chi connectivity index (χ1) is 9.47. The number of benzene rings is 1. The van der Waals surface area contributed by atoms with Gasteiger partial charge in [0.25, 0.3) is 0 Å². The van der Waals surface area contributed by atoms with Crippen molar-refractivity contribution in [3.8, 4) is 5.75 Å². The maximum atomic E-state index is 10.0. The van der Waals surface area contributed by atoms with Gasteiger partial charge in [0.15, 0.2) is 0 Å². The number of hydrogen-bond donors (Lipinski definition) is 2. The second-order valence-corrected chi connectivity index (χ2v) is 6.91. The van der Waals surface area contributed by atoms with Crippen molar-refractivity contribution in [2.45, 2.75) is 65.8 Å². The molecule has 112 valence electrons. The normalized spacial score (nSPS) is 23.1. The van der Waals surface area contributed by atoms with E-state index in [0.717, 1.165) is 28.7 Å². The Morgan fingerprint density at radius 1 is 1.25 bits per heavy atom. The standard InChI is InChI=1S/C18H29NO/c1-12(2)10-15-6-5-7-16(11-15)19-17-9-8-13(3)18(20)14(17)4/h8-9,12,15-16,19-20H,5-7,10-11H2,1-4H3. The molecule has 2 heteroatoms. The predicted molar refractivity (Wildman–Crippen MR) is 86.4 cm³/mol. The van der Waals surface area contributed by atoms with Crippen LogP contribution in [0.15, 0.2) is 12.1 Å². The van der Waals surface area contributed by atoms with Gasteiger partial charge in [-0.3, -0.25) is 0 Å². The average Bonchev–Trinajstić information content (AvgIpc) is 2.39. The first-order valence-electron chi connectivity index (χ1n) is 8.03. The van der Waals surface area contributed by atoms with E-state index in [2.05, 4.69) is 25.2 Å². The minimum atomic E-state index is 0.435. The van der Waals surface area contributed by atoms with Gasteiger partial charge >= 0.3 is 0 Å². The van der Waals surface area contributed by atoms with Gasteiger partial charge in [0.2, 0.25) is 0 Å². The van der Waals surface area contributed by atoms with Gasteiger partial charge < -0.3 is 10.4 Å². The average molecular weight is 275 g/mol. The minimum absolute atomic E-state index is 0.435. The highest BCUT2D eigenvalue weighted by Crippen LogP contribution is 2.33. The Balaban J connectivity index is 2.01. The molecule has 2 unspecified atom stereocenters. The molecule has 2 N–H and O–H groups in total. The van der Waals surface area contributed by atoms with Crippen LogP contribution >= 0.6 is 0 Å². The second kappa shape index (κ2) is 6.51. The summed E-state index contributed by atoms with van der Waals surface area (Å²) < 4.78 is 0. The lowest BCUT2D eigenvalue weighted by Crippen LogP contribution is -2.28. The summed E-state index contributed by atoms with van der Waals surface area (Å²) in [5.74, 6) is 2.09. The van der Waals surface area contributed by atoms with E-state index in [-0.39, 0.29) is 0 Å². The maximum absolute atomic E-state index is 10.0. The molecule has 0 amide bonds. The molecule has 1 aliphatic carbocycles. The number of phenols is 1. The van der Waals surface area contributed by atoms with Crippen LogP contribution in [0.3, 0.4) is 0 Å². The van der Waals surface area contributed by atoms with Crippen LogP contribution in [0.4, 0.5) is 5.69 Å². The summed E-state index contributed by atoms with van der Waals surface area (Å²) in [4.78, 5) is 0. The lowest BCUT2D eigenvalue weighted by Gasteiger charge is -2.32. The molecule has 20 heavy (non-hydrogen) atoms. The van der Waals surface area contributed by atoms with E-state index < -0.39 is 0 Å². The summed E-state index contributed by atoms with van der Waals surface area (Å²) in [5, 5.41) is 13.7. The number of nitrogens with one attached hydrogen (secondary N) is 1. The number of aromatic hydroxyl groups is 1. The van der Waals surface area contributed by atoms with E-state index in [1.807, 2.05) is 19.9 Å². The molecular formula is C18H29NO. The number of hydrogen-bond acceptors (Lipinski definition) is 2. The number of anilines is 1. The summed E-state index contributed by atoms with van der Waals surface area (Å²) in [6.45, 7) is 8.59. The zero-order valence-electron chi connectivity index (χ0n) is 13.4. The van der Waals surface area contributed by atoms with Crippen LogP contribution in [-0.2, 0) is 0 Å². The topological polar surface area (TPSA) is 32.3 Å². The van der Waals surface area contributed by atoms with E-state index in [1.165, 1.54) is 32.1 Å². The SMILES string of the molecule is Cc1ccc(NC2CCCC(CC(C)C)C2)c(C)c1O. The zero-order valence-corrected chi connectivity index (χ0v) is 13.4. The fourth-order valence-corrected chi connectivity index (χ4v) is 3.51. The van der Waals surface area contributed by atoms with Gasteiger partial charge in [0.05, 0.1) is 0 Å². The highest BCUT2D eigenvalue weighted by atomic mass is 16.3. The molecule has 0 aliphatic heterocycles. The van der Waals surface area contributed by atoms with Crippen molar-refractivity contribution in [1.29, 1.82) is 0 Å². The van der Waals surface area contributed by atoms with Gasteiger partial charge in [0.1, 0.15) is 5.75 Å². The molecule has 0 bridgehead atoms. The Hall–Kier alpha value is -1.18. The lowest BCUT2D eigenvalue weighted by atomic mass is 9.81. The van der Waals surface area contributed by atoms with Gasteiger partial charge in [-0.2, -0.15) is 0 Å². The molecular weight excluding hydrogens is 246 g/mol. The largest absolute Gasteiger partial charge is 0.507 e. The predicted octanol–water partition coefficient (Wildman–Crippen LogP) is 5.03. The van der Waals surface area contributed by atoms with Crippen LogP contribution in [-0.4, -0.2) is 11.1 Å². The van der Waals surface area contributed by atoms with Crippen molar-refractivity contribution in [2.75, 3.05) is 5.32 Å². The molecule has 0 aromatic heterocycles. The lowest BCUT2D eigenvalue weighted by molar-refractivity contribution is 0.289. The van der Waals surface area contributed by atoms with Crippen LogP contribution in [0.2, 0.25) is 0 Å². The summed E-state index contributed by atoms with van der Waals surface area (Å²) in [5.41, 5.74) is 3.04. The Kier molecular flexibility index (Phi) is 4.95. The molecule has 1 aromatic carbocycles. The van der Waals surface area contributed by atoms with Crippen molar-refractivity contribution in [3.63, 3.8) is 0 Å². The Morgan fingerprint density at radius 2 is 2.00 bits per heavy atom. The third-order valence-corrected chi connectivity index (χ3v) is 4.58. The molecule has 0 spiro atoms. The van der Waals surface area contributed by atoms with Crippen LogP contribution < -0.4 is 5.32 Å². The molecule has 0 radical (unpaired) electrons. The molecule has 2 atom stereocenters. The molecule has 2 rings (SSSR count). The van der Waals surface area contributed by atoms with E-state index in [1.54, 1.807) is 0 Å². The van der Waals surface area contributed by atoms with Crippen LogP contribution in [0.5, 0.6) is 5.75 Å². The summed E-state index contributed by atoms with van der Waals surface area (Å²) in [6, 6.07) is 4.67. The summed E-state index contributed by atoms with van der Waals surface area (Å²) in [7, 11) is 0. The van der Waals surface area contributed by atoms with Gasteiger partial charge in [-0.15, -0.1) is 0 Å². The molecule has 1 aliphatic rings. The Bertz CT molecular complexity index is 453. The fourth-order valence-electron chi connectivity index (χ4n) is 3.51. The molecule has 1 aromatic rings. The van der Waals surface area contributed by atoms with Crippen molar-refractivity contribution in [3.05, 3.63) is 23.3 Å². The zero-order chi connectivity index (χ0) is 14.7. The Morgan fingerprint density at radius 3 is 2.70 bits per heavy atom. The minimum Gasteiger partial charge on any atom is -0.507 e. The van der Waals surface area contributed by atoms with Crippen molar-refractivity contribution in [2.24, 2.45) is 11.8 Å². The smallest absolute Gasteiger partial charge is 0.123 e. The molecule has 2 nitrogen and oxygen atoms in total. The summed E-state index contributed by atoms with van der Waals surface area (Å²) >= 11 is 0. The van der Waals surface area contributed by atoms with Gasteiger partial charge in [-0.25, -0.2) is 0 Å². The summed E-state index contributed by atoms with van der Waals surface area (Å²) in [6.07, 6.45) is 6.58. The van der Waals surface area contributed by atoms with E-state index in [9.17, 15) is 5.11 Å². The van der Waals surface area contributed by atoms with Gasteiger partial charge in [-0.05, 0) is 56.6 Å². The van der Waals surface area contributed by atoms with Crippen LogP contribution in [0.1, 0.15) is 57.1 Å². The van der Waals surface area contributed by atoms with Gasteiger partial charge in [0, 0.05) is 17.3 Å². The third kappa shape index (κ3) is 3.68. The first kappa shape index (κ1) is 15.2. The van der Waals surface area contributed by atoms with E-state index >= 15 is 0 Å². The van der Waals surface area contributed by atoms with E-state index in [0.29, 0.717) is 11.8 Å². The first-order valence-corrected chi connectivity index (χ1v) is 8.03. The molecule has 1 saturated carbocycles. The monoisotopic (exact) mass is 275 g/mol. The number of phenolic OH excluding ortho intramolecular Hbond substituents is 1. The van der Waals surface area contributed by atoms with Gasteiger partial charge in [-0.1, -0.05) is 32.8 Å². The van der Waals surface area contributed by atoms with E-state index in [4.69, 9.17) is 0 Å². The molecule has 1 fully saturated rings. The quantitative estimate of drug-likeness (QED) is 0.808. The highest BCUT2D eigenvalue weighted by molar-refractivity contribution is 5.59. The fraction of sp³-hybridized carbons (Fsp3) is 0.667. The third-order valence-electron chi connectivity index (χ3n) is 4.58. The van der Waals surface area contributed by atoms with Crippen LogP contribution in [0.25, 0.3) is 0 Å². The molecule has 0 heterocycles. The number of rotatable bonds is 4. The molecule has 0 saturated heterocycles. The highest BCUT2D eigenvalue weighted by Gasteiger charge is 2.23. The van der Waals surface area contributed by atoms with Crippen LogP contribution in [0, 0.1) is 25.7 Å². The van der Waals surface area contributed by atoms with Crippen molar-refractivity contribution < 1.29 is 5.11 Å². The second-order valence-electron chi connectivity index (χ2n) is 6.91. The van der Waals surface area contributed by atoms with Crippen molar-refractivity contribution >= 4 is 5.69 Å². The maximum Gasteiger partial charge on any atom is 0.123 e.